The first-order chi connectivity index (χ1) is 4.30. The Balaban J connectivity index is 2.68. The quantitative estimate of drug-likeness (QED) is 0.403. The van der Waals surface area contributed by atoms with E-state index >= 15 is 0 Å². The van der Waals surface area contributed by atoms with Gasteiger partial charge in [0.15, 0.2) is 0 Å². The van der Waals surface area contributed by atoms with Gasteiger partial charge >= 0.3 is 5.82 Å². The Morgan fingerprint density at radius 1 is 1.78 bits per heavy atom. The maximum absolute atomic E-state index is 9.92. The van der Waals surface area contributed by atoms with Crippen LogP contribution in [0.1, 0.15) is 0 Å². The summed E-state index contributed by atoms with van der Waals surface area (Å²) in [5, 5.41) is 9.92. The Morgan fingerprint density at radius 3 is 2.89 bits per heavy atom. The zero-order valence-corrected chi connectivity index (χ0v) is 4.40. The first-order valence-electron chi connectivity index (χ1n) is 2.23. The Kier molecular flexibility index (Phi) is 1.35. The van der Waals surface area contributed by atoms with Gasteiger partial charge in [-0.3, -0.25) is 0 Å². The van der Waals surface area contributed by atoms with Gasteiger partial charge in [-0.25, -0.2) is 0 Å². The third kappa shape index (κ3) is 1.18. The summed E-state index contributed by atoms with van der Waals surface area (Å²) in [5.74, 6) is -0.155. The summed E-state index contributed by atoms with van der Waals surface area (Å²) in [5.41, 5.74) is 2.09. The highest BCUT2D eigenvalue weighted by Gasteiger charge is 2.08. The summed E-state index contributed by atoms with van der Waals surface area (Å²) in [7, 11) is 0. The van der Waals surface area contributed by atoms with Gasteiger partial charge in [0.05, 0.1) is 0 Å². The van der Waals surface area contributed by atoms with Crippen LogP contribution in [0.3, 0.4) is 0 Å². The van der Waals surface area contributed by atoms with Crippen molar-refractivity contribution in [3.63, 3.8) is 0 Å². The van der Waals surface area contributed by atoms with Crippen molar-refractivity contribution >= 4 is 0 Å². The summed E-state index contributed by atoms with van der Waals surface area (Å²) in [6.45, 7) is 0. The molecule has 0 saturated carbocycles. The minimum absolute atomic E-state index is 0.155. The lowest BCUT2D eigenvalue weighted by Crippen LogP contribution is -2.19. The second-order valence-electron chi connectivity index (χ2n) is 1.36. The molecule has 9 heavy (non-hydrogen) atoms. The van der Waals surface area contributed by atoms with E-state index in [1.165, 1.54) is 18.4 Å². The van der Waals surface area contributed by atoms with Crippen LogP contribution in [0.5, 0.6) is 0 Å². The molecule has 48 valence electrons. The van der Waals surface area contributed by atoms with E-state index in [4.69, 9.17) is 0 Å². The average molecular weight is 128 g/mol. The molecule has 1 N–H and O–H groups in total. The van der Waals surface area contributed by atoms with Crippen molar-refractivity contribution in [2.45, 2.75) is 0 Å². The second-order valence-corrected chi connectivity index (χ2v) is 1.36. The fourth-order valence-corrected chi connectivity index (χ4v) is 0.396. The predicted octanol–water partition coefficient (Wildman–Crippen LogP) is 0.153. The monoisotopic (exact) mass is 128 g/mol. The Bertz CT molecular complexity index is 184. The van der Waals surface area contributed by atoms with Crippen molar-refractivity contribution < 1.29 is 9.76 Å². The standard InChI is InChI=1S/C4H4N2O3/c7-6(8)4-2-1-3-9-5-4/h1-3,5H. The minimum atomic E-state index is -0.566. The average Bonchev–Trinajstić information content (AvgIpc) is 1.90. The number of nitro groups is 1. The van der Waals surface area contributed by atoms with Crippen molar-refractivity contribution in [2.24, 2.45) is 0 Å². The fourth-order valence-electron chi connectivity index (χ4n) is 0.396. The van der Waals surface area contributed by atoms with Crippen LogP contribution < -0.4 is 5.48 Å². The van der Waals surface area contributed by atoms with E-state index < -0.39 is 4.92 Å². The van der Waals surface area contributed by atoms with E-state index in [0.717, 1.165) is 0 Å². The summed E-state index contributed by atoms with van der Waals surface area (Å²) in [4.78, 5) is 13.8. The Labute approximate surface area is 50.7 Å². The lowest BCUT2D eigenvalue weighted by molar-refractivity contribution is -0.440. The van der Waals surface area contributed by atoms with E-state index in [2.05, 4.69) is 10.3 Å². The highest BCUT2D eigenvalue weighted by Crippen LogP contribution is 1.95. The number of hydrogen-bond acceptors (Lipinski definition) is 4. The highest BCUT2D eigenvalue weighted by molar-refractivity contribution is 5.05. The van der Waals surface area contributed by atoms with Gasteiger partial charge in [0.25, 0.3) is 0 Å². The molecular weight excluding hydrogens is 124 g/mol. The molecule has 0 radical (unpaired) electrons. The second kappa shape index (κ2) is 2.17. The van der Waals surface area contributed by atoms with E-state index in [1.54, 1.807) is 0 Å². The Morgan fingerprint density at radius 2 is 2.56 bits per heavy atom. The number of hydroxylamine groups is 1. The molecule has 0 aromatic carbocycles. The van der Waals surface area contributed by atoms with Crippen LogP contribution >= 0.6 is 0 Å². The first kappa shape index (κ1) is 5.61. The molecule has 0 atom stereocenters. The number of nitrogens with one attached hydrogen (secondary N) is 1. The predicted molar refractivity (Wildman–Crippen MR) is 28.4 cm³/mol. The van der Waals surface area contributed by atoms with E-state index in [0.29, 0.717) is 0 Å². The van der Waals surface area contributed by atoms with Crippen LogP contribution in [0.2, 0.25) is 0 Å². The van der Waals surface area contributed by atoms with Gasteiger partial charge in [-0.1, -0.05) is 5.48 Å². The molecule has 1 rings (SSSR count). The van der Waals surface area contributed by atoms with Gasteiger partial charge < -0.3 is 15.0 Å². The first-order valence-corrected chi connectivity index (χ1v) is 2.23. The van der Waals surface area contributed by atoms with Crippen molar-refractivity contribution in [1.82, 2.24) is 5.48 Å². The molecule has 0 fully saturated rings. The third-order valence-corrected chi connectivity index (χ3v) is 0.761. The molecule has 5 heteroatoms. The van der Waals surface area contributed by atoms with Crippen molar-refractivity contribution in [3.8, 4) is 0 Å². The topological polar surface area (TPSA) is 64.4 Å². The molecule has 5 nitrogen and oxygen atoms in total. The zero-order valence-electron chi connectivity index (χ0n) is 4.40. The molecule has 0 saturated heterocycles. The number of allylic oxidation sites excluding steroid dienone is 2. The summed E-state index contributed by atoms with van der Waals surface area (Å²) in [6.07, 6.45) is 4.06. The highest BCUT2D eigenvalue weighted by atomic mass is 16.7. The molecule has 0 aromatic heterocycles. The SMILES string of the molecule is O=[N+]([O-])C1=CC=CON1. The van der Waals surface area contributed by atoms with Crippen molar-refractivity contribution in [1.29, 1.82) is 0 Å². The van der Waals surface area contributed by atoms with Gasteiger partial charge in [0.1, 0.15) is 6.26 Å². The largest absolute Gasteiger partial charge is 0.358 e. The molecule has 0 aliphatic carbocycles. The van der Waals surface area contributed by atoms with Crippen molar-refractivity contribution in [3.05, 3.63) is 34.3 Å². The van der Waals surface area contributed by atoms with E-state index in [1.807, 2.05) is 0 Å². The normalized spacial score (nSPS) is 15.3. The summed E-state index contributed by atoms with van der Waals surface area (Å²) in [6, 6.07) is 0. The van der Waals surface area contributed by atoms with Crippen LogP contribution in [0.15, 0.2) is 24.2 Å². The van der Waals surface area contributed by atoms with Gasteiger partial charge in [-0.2, -0.15) is 0 Å². The summed E-state index contributed by atoms with van der Waals surface area (Å²) < 4.78 is 0. The number of hydrogen-bond donors (Lipinski definition) is 1. The van der Waals surface area contributed by atoms with E-state index in [9.17, 15) is 10.1 Å². The minimum Gasteiger partial charge on any atom is -0.358 e. The molecule has 0 spiro atoms. The molecule has 1 heterocycles. The molecule has 0 unspecified atom stereocenters. The number of rotatable bonds is 1. The smallest absolute Gasteiger partial charge is 0.354 e. The van der Waals surface area contributed by atoms with Crippen LogP contribution in [-0.2, 0) is 4.84 Å². The van der Waals surface area contributed by atoms with Crippen LogP contribution in [0.25, 0.3) is 0 Å². The molecule has 1 aliphatic heterocycles. The molecule has 0 bridgehead atoms. The van der Waals surface area contributed by atoms with Crippen LogP contribution in [0, 0.1) is 10.1 Å². The van der Waals surface area contributed by atoms with Gasteiger partial charge in [-0.15, -0.1) is 0 Å². The third-order valence-electron chi connectivity index (χ3n) is 0.761. The maximum atomic E-state index is 9.92. The zero-order chi connectivity index (χ0) is 6.69. The molecule has 0 aromatic rings. The van der Waals surface area contributed by atoms with Gasteiger partial charge in [0, 0.05) is 6.08 Å². The van der Waals surface area contributed by atoms with Gasteiger partial charge in [-0.05, 0) is 11.0 Å². The lowest BCUT2D eigenvalue weighted by atomic mass is 10.5. The maximum Gasteiger partial charge on any atom is 0.354 e. The fraction of sp³-hybridized carbons (Fsp3) is 0. The summed E-state index contributed by atoms with van der Waals surface area (Å²) >= 11 is 0. The molecular formula is C4H4N2O3. The van der Waals surface area contributed by atoms with Crippen LogP contribution in [-0.4, -0.2) is 4.92 Å². The molecule has 0 amide bonds. The Hall–Kier alpha value is -1.52. The van der Waals surface area contributed by atoms with E-state index in [-0.39, 0.29) is 5.82 Å². The van der Waals surface area contributed by atoms with Gasteiger partial charge in [0.2, 0.25) is 0 Å². The number of nitrogens with zero attached hydrogens (tertiary/aromatic N) is 1. The van der Waals surface area contributed by atoms with Crippen LogP contribution in [0.4, 0.5) is 0 Å². The van der Waals surface area contributed by atoms with Crippen molar-refractivity contribution in [2.75, 3.05) is 0 Å². The lowest BCUT2D eigenvalue weighted by Gasteiger charge is -2.01. The molecule has 1 aliphatic rings.